The van der Waals surface area contributed by atoms with Crippen LogP contribution >= 0.6 is 0 Å². The van der Waals surface area contributed by atoms with E-state index in [1.165, 1.54) is 64.2 Å². The Balaban J connectivity index is 1.38. The quantitative estimate of drug-likeness (QED) is 0.133. The van der Waals surface area contributed by atoms with Gasteiger partial charge in [0.25, 0.3) is 0 Å². The van der Waals surface area contributed by atoms with E-state index in [2.05, 4.69) is 13.0 Å². The molecule has 0 atom stereocenters. The molecular formula is C28H38NO2+2. The lowest BCUT2D eigenvalue weighted by molar-refractivity contribution is -0.870. The fourth-order valence-corrected chi connectivity index (χ4v) is 4.32. The summed E-state index contributed by atoms with van der Waals surface area (Å²) in [5.41, 5.74) is 2.37. The standard InChI is InChI=1S/C28H37NO2/c1-2-3-4-5-6-7-8-9-10-11-16-21-29-31-28(30)27-25-19-14-12-17-23(25)22-24-18-13-15-20-26(24)27/h12-15,17-20,22,29H,2-11,16,21H2,1H3/q+1/p+1. The first-order valence-electron chi connectivity index (χ1n) is 12.2. The van der Waals surface area contributed by atoms with Crippen LogP contribution in [0, 0.1) is 0 Å². The van der Waals surface area contributed by atoms with Crippen molar-refractivity contribution < 1.29 is 15.1 Å². The van der Waals surface area contributed by atoms with Crippen molar-refractivity contribution in [2.24, 2.45) is 0 Å². The molecule has 3 aromatic carbocycles. The highest BCUT2D eigenvalue weighted by Crippen LogP contribution is 2.28. The van der Waals surface area contributed by atoms with Gasteiger partial charge in [0.05, 0.1) is 4.79 Å². The van der Waals surface area contributed by atoms with Gasteiger partial charge >= 0.3 is 5.97 Å². The third-order valence-corrected chi connectivity index (χ3v) is 6.09. The van der Waals surface area contributed by atoms with Crippen LogP contribution in [0.2, 0.25) is 0 Å². The molecule has 0 bridgehead atoms. The van der Waals surface area contributed by atoms with E-state index in [0.717, 1.165) is 34.5 Å². The first-order valence-corrected chi connectivity index (χ1v) is 12.2. The highest BCUT2D eigenvalue weighted by Gasteiger charge is 2.29. The maximum Gasteiger partial charge on any atom is 0.671 e. The Morgan fingerprint density at radius 3 is 1.74 bits per heavy atom. The van der Waals surface area contributed by atoms with E-state index in [9.17, 15) is 4.79 Å². The van der Waals surface area contributed by atoms with Gasteiger partial charge in [0.2, 0.25) is 0 Å². The molecule has 0 aromatic heterocycles. The molecule has 0 aliphatic heterocycles. The molecule has 3 rings (SSSR count). The van der Waals surface area contributed by atoms with Crippen LogP contribution in [0.4, 0.5) is 0 Å². The number of hydrogen-bond acceptors (Lipinski definition) is 2. The molecule has 0 aliphatic carbocycles. The zero-order valence-electron chi connectivity index (χ0n) is 19.1. The molecule has 3 aromatic rings. The Labute approximate surface area is 187 Å². The van der Waals surface area contributed by atoms with Crippen LogP contribution in [-0.4, -0.2) is 12.5 Å². The van der Waals surface area contributed by atoms with Crippen molar-refractivity contribution in [3.8, 4) is 0 Å². The van der Waals surface area contributed by atoms with Gasteiger partial charge in [-0.25, -0.2) is 0 Å². The summed E-state index contributed by atoms with van der Waals surface area (Å²) in [6, 6.07) is 18.2. The van der Waals surface area contributed by atoms with Gasteiger partial charge in [-0.2, -0.15) is 0 Å². The topological polar surface area (TPSA) is 45.7 Å². The summed E-state index contributed by atoms with van der Waals surface area (Å²) in [5.74, 6) is -0.254. The molecule has 3 nitrogen and oxygen atoms in total. The predicted molar refractivity (Wildman–Crippen MR) is 130 cm³/mol. The summed E-state index contributed by atoms with van der Waals surface area (Å²) >= 11 is 0. The molecule has 0 spiro atoms. The van der Waals surface area contributed by atoms with Crippen LogP contribution in [0.5, 0.6) is 0 Å². The Kier molecular flexibility index (Phi) is 9.85. The number of unbranched alkanes of at least 4 members (excludes halogenated alkanes) is 10. The highest BCUT2D eigenvalue weighted by molar-refractivity contribution is 6.16. The molecular weight excluding hydrogens is 382 g/mol. The minimum atomic E-state index is -0.254. The van der Waals surface area contributed by atoms with Crippen molar-refractivity contribution in [2.75, 3.05) is 6.54 Å². The molecule has 0 fully saturated rings. The molecule has 3 heteroatoms. The summed E-state index contributed by atoms with van der Waals surface area (Å²) in [4.78, 5) is 18.5. The molecule has 0 saturated carbocycles. The predicted octanol–water partition coefficient (Wildman–Crippen LogP) is 6.94. The van der Waals surface area contributed by atoms with E-state index in [-0.39, 0.29) is 5.97 Å². The van der Waals surface area contributed by atoms with Crippen molar-refractivity contribution in [2.45, 2.75) is 77.6 Å². The lowest BCUT2D eigenvalue weighted by Gasteiger charge is -2.05. The first-order chi connectivity index (χ1) is 15.3. The number of rotatable bonds is 14. The molecule has 0 unspecified atom stereocenters. The summed E-state index contributed by atoms with van der Waals surface area (Å²) in [5, 5.41) is 4.04. The molecule has 0 saturated heterocycles. The third-order valence-electron chi connectivity index (χ3n) is 6.09. The van der Waals surface area contributed by atoms with Gasteiger partial charge in [0, 0.05) is 17.2 Å². The van der Waals surface area contributed by atoms with Crippen LogP contribution in [0.15, 0.2) is 54.6 Å². The van der Waals surface area contributed by atoms with Gasteiger partial charge < -0.3 is 0 Å². The summed E-state index contributed by atoms with van der Waals surface area (Å²) < 4.78 is 0. The highest BCUT2D eigenvalue weighted by atomic mass is 16.7. The van der Waals surface area contributed by atoms with Crippen LogP contribution in [0.1, 0.15) is 87.9 Å². The second-order valence-electron chi connectivity index (χ2n) is 8.59. The van der Waals surface area contributed by atoms with Crippen molar-refractivity contribution in [1.29, 1.82) is 0 Å². The molecule has 0 aliphatic rings. The summed E-state index contributed by atoms with van der Waals surface area (Å²) in [6.07, 6.45) is 14.6. The van der Waals surface area contributed by atoms with Crippen molar-refractivity contribution in [3.05, 3.63) is 60.2 Å². The van der Waals surface area contributed by atoms with Gasteiger partial charge in [-0.05, 0) is 23.3 Å². The van der Waals surface area contributed by atoms with Gasteiger partial charge in [-0.1, -0.05) is 124 Å². The first kappa shape index (κ1) is 23.3. The van der Waals surface area contributed by atoms with E-state index in [1.807, 2.05) is 48.5 Å². The molecule has 0 amide bonds. The molecule has 165 valence electrons. The Morgan fingerprint density at radius 2 is 1.19 bits per heavy atom. The van der Waals surface area contributed by atoms with E-state index < -0.39 is 0 Å². The number of benzene rings is 3. The Morgan fingerprint density at radius 1 is 0.710 bits per heavy atom. The van der Waals surface area contributed by atoms with Crippen molar-refractivity contribution in [3.63, 3.8) is 0 Å². The fraction of sp³-hybridized carbons (Fsp3) is 0.464. The average Bonchev–Trinajstić information content (AvgIpc) is 2.80. The minimum Gasteiger partial charge on any atom is -0.0838 e. The van der Waals surface area contributed by atoms with Gasteiger partial charge in [0.1, 0.15) is 6.54 Å². The lowest BCUT2D eigenvalue weighted by atomic mass is 9.97. The number of hydrogen-bond donors (Lipinski definition) is 1. The smallest absolute Gasteiger partial charge is 0.0838 e. The zero-order chi connectivity index (χ0) is 21.7. The van der Waals surface area contributed by atoms with E-state index in [1.54, 1.807) is 5.48 Å². The summed E-state index contributed by atoms with van der Waals surface area (Å²) in [6.45, 7) is 3.09. The van der Waals surface area contributed by atoms with Crippen molar-refractivity contribution in [1.82, 2.24) is 0 Å². The maximum atomic E-state index is 12.9. The van der Waals surface area contributed by atoms with E-state index in [4.69, 9.17) is 4.84 Å². The second kappa shape index (κ2) is 13.1. The zero-order valence-corrected chi connectivity index (χ0v) is 19.1. The number of hydroxylamine groups is 1. The second-order valence-corrected chi connectivity index (χ2v) is 8.59. The van der Waals surface area contributed by atoms with Crippen LogP contribution in [-0.2, 0) is 4.84 Å². The van der Waals surface area contributed by atoms with Crippen LogP contribution in [0.25, 0.3) is 21.5 Å². The van der Waals surface area contributed by atoms with Crippen molar-refractivity contribution >= 4 is 27.5 Å². The molecule has 31 heavy (non-hydrogen) atoms. The summed E-state index contributed by atoms with van der Waals surface area (Å²) in [7, 11) is 0. The molecule has 2 N–H and O–H groups in total. The number of carbonyl (C=O) groups is 1. The van der Waals surface area contributed by atoms with Crippen LogP contribution < -0.4 is 5.48 Å². The van der Waals surface area contributed by atoms with Gasteiger partial charge in [-0.3, -0.25) is 0 Å². The third kappa shape index (κ3) is 7.07. The number of nitrogens with two attached hydrogens (primary N) is 1. The normalized spacial score (nSPS) is 11.3. The van der Waals surface area contributed by atoms with Crippen LogP contribution in [0.3, 0.4) is 0 Å². The Hall–Kier alpha value is -2.39. The van der Waals surface area contributed by atoms with Gasteiger partial charge in [0.15, 0.2) is 5.56 Å². The molecule has 1 radical (unpaired) electrons. The number of carbonyl (C=O) groups excluding carboxylic acids is 1. The monoisotopic (exact) mass is 420 g/mol. The average molecular weight is 421 g/mol. The Bertz CT molecular complexity index is 896. The fourth-order valence-electron chi connectivity index (χ4n) is 4.32. The van der Waals surface area contributed by atoms with E-state index in [0.29, 0.717) is 5.56 Å². The number of fused-ring (bicyclic) bond motifs is 2. The number of quaternary nitrogens is 1. The van der Waals surface area contributed by atoms with Gasteiger partial charge in [-0.15, -0.1) is 0 Å². The SMILES string of the molecule is CCCCCCCCCCCCC[NH2+]OC(=[O+])c1c2ccccc2cc2ccccc12. The van der Waals surface area contributed by atoms with E-state index >= 15 is 0 Å². The maximum absolute atomic E-state index is 12.9. The minimum absolute atomic E-state index is 0.254. The lowest BCUT2D eigenvalue weighted by Crippen LogP contribution is -2.84. The molecule has 0 heterocycles. The largest absolute Gasteiger partial charge is 0.671 e.